The first-order valence-corrected chi connectivity index (χ1v) is 13.2. The maximum absolute atomic E-state index is 14.0. The number of benzene rings is 2. The molecule has 0 radical (unpaired) electrons. The van der Waals surface area contributed by atoms with Crippen LogP contribution in [0.15, 0.2) is 59.9 Å². The number of nitrogens with zero attached hydrogens (tertiary/aromatic N) is 5. The number of rotatable bonds is 9. The highest BCUT2D eigenvalue weighted by Crippen LogP contribution is 2.41. The molecule has 1 aliphatic heterocycles. The van der Waals surface area contributed by atoms with Crippen LogP contribution in [0.2, 0.25) is 0 Å². The largest absolute Gasteiger partial charge is 0.503 e. The Balaban J connectivity index is 1.59. The van der Waals surface area contributed by atoms with Gasteiger partial charge in [0.15, 0.2) is 10.7 Å². The third-order valence-corrected chi connectivity index (χ3v) is 8.25. The van der Waals surface area contributed by atoms with Crippen LogP contribution in [0.5, 0.6) is 0 Å². The topological polar surface area (TPSA) is 121 Å². The van der Waals surface area contributed by atoms with Gasteiger partial charge in [-0.25, -0.2) is 4.98 Å². The molecule has 1 atom stereocenters. The zero-order valence-corrected chi connectivity index (χ0v) is 22.1. The average Bonchev–Trinajstić information content (AvgIpc) is 3.53. The number of aliphatic hydroxyl groups excluding tert-OH is 1. The summed E-state index contributed by atoms with van der Waals surface area (Å²) in [6.07, 6.45) is 0. The summed E-state index contributed by atoms with van der Waals surface area (Å²) in [6, 6.07) is 12.5. The van der Waals surface area contributed by atoms with Gasteiger partial charge >= 0.3 is 0 Å². The van der Waals surface area contributed by atoms with Crippen molar-refractivity contribution in [3.8, 4) is 0 Å². The summed E-state index contributed by atoms with van der Waals surface area (Å²) >= 11 is 1.21. The maximum Gasteiger partial charge on any atom is 0.290 e. The molecule has 1 amide bonds. The quantitative estimate of drug-likeness (QED) is 0.188. The van der Waals surface area contributed by atoms with Crippen LogP contribution in [0.25, 0.3) is 16.0 Å². The van der Waals surface area contributed by atoms with E-state index in [1.54, 1.807) is 0 Å². The molecule has 0 bridgehead atoms. The lowest BCUT2D eigenvalue weighted by molar-refractivity contribution is -0.384. The lowest BCUT2D eigenvalue weighted by Gasteiger charge is -2.29. The van der Waals surface area contributed by atoms with E-state index in [-0.39, 0.29) is 17.8 Å². The Bertz CT molecular complexity index is 1600. The Morgan fingerprint density at radius 1 is 1.16 bits per heavy atom. The number of hydrogen-bond donors (Lipinski definition) is 1. The molecule has 0 saturated heterocycles. The van der Waals surface area contributed by atoms with E-state index in [9.17, 15) is 24.8 Å². The zero-order valence-electron chi connectivity index (χ0n) is 21.2. The number of carbonyl (C=O) groups excluding carboxylic acids is 2. The van der Waals surface area contributed by atoms with Crippen molar-refractivity contribution in [2.24, 2.45) is 0 Å². The summed E-state index contributed by atoms with van der Waals surface area (Å²) in [5.41, 5.74) is 2.73. The monoisotopic (exact) mass is 533 g/mol. The number of para-hydroxylation sites is 2. The molecule has 1 N–H and O–H groups in total. The van der Waals surface area contributed by atoms with E-state index in [2.05, 4.69) is 9.88 Å². The molecule has 11 heteroatoms. The van der Waals surface area contributed by atoms with Crippen LogP contribution in [0, 0.1) is 17.0 Å². The number of ketones is 1. The summed E-state index contributed by atoms with van der Waals surface area (Å²) in [7, 11) is 0. The first kappa shape index (κ1) is 25.6. The molecule has 3 heterocycles. The maximum atomic E-state index is 14.0. The molecule has 5 rings (SSSR count). The minimum absolute atomic E-state index is 0.0275. The van der Waals surface area contributed by atoms with E-state index in [4.69, 9.17) is 0 Å². The predicted molar refractivity (Wildman–Crippen MR) is 145 cm³/mol. The molecular formula is C27H27N5O5S. The molecule has 196 valence electrons. The fourth-order valence-corrected chi connectivity index (χ4v) is 6.12. The highest BCUT2D eigenvalue weighted by atomic mass is 32.1. The van der Waals surface area contributed by atoms with Crippen LogP contribution in [-0.4, -0.2) is 67.1 Å². The Hall–Kier alpha value is -4.09. The molecule has 2 aromatic carbocycles. The molecule has 0 fully saturated rings. The number of fused-ring (bicyclic) bond motifs is 3. The molecular weight excluding hydrogens is 506 g/mol. The fourth-order valence-electron chi connectivity index (χ4n) is 5.03. The number of amides is 1. The third kappa shape index (κ3) is 4.13. The van der Waals surface area contributed by atoms with Crippen molar-refractivity contribution in [1.29, 1.82) is 0 Å². The summed E-state index contributed by atoms with van der Waals surface area (Å²) < 4.78 is 1.90. The normalized spacial score (nSPS) is 15.9. The molecule has 10 nitrogen and oxygen atoms in total. The van der Waals surface area contributed by atoms with Crippen molar-refractivity contribution in [2.75, 3.05) is 26.2 Å². The van der Waals surface area contributed by atoms with Gasteiger partial charge in [-0.3, -0.25) is 24.1 Å². The molecule has 1 unspecified atom stereocenters. The van der Waals surface area contributed by atoms with E-state index in [1.807, 2.05) is 49.4 Å². The van der Waals surface area contributed by atoms with Crippen LogP contribution in [0.1, 0.15) is 40.8 Å². The highest BCUT2D eigenvalue weighted by Gasteiger charge is 2.44. The van der Waals surface area contributed by atoms with E-state index >= 15 is 0 Å². The van der Waals surface area contributed by atoms with Gasteiger partial charge in [0, 0.05) is 30.9 Å². The minimum Gasteiger partial charge on any atom is -0.503 e. The van der Waals surface area contributed by atoms with Crippen LogP contribution in [-0.2, 0) is 4.79 Å². The number of nitro groups is 1. The summed E-state index contributed by atoms with van der Waals surface area (Å²) in [4.78, 5) is 47.3. The number of likely N-dealkylation sites (N-methyl/N-ethyl adjacent to an activating group) is 1. The van der Waals surface area contributed by atoms with E-state index in [0.29, 0.717) is 27.6 Å². The lowest BCUT2D eigenvalue weighted by atomic mass is 9.95. The number of non-ortho nitro benzene ring substituents is 1. The lowest BCUT2D eigenvalue weighted by Crippen LogP contribution is -2.38. The number of carbonyl (C=O) groups is 2. The third-order valence-electron chi connectivity index (χ3n) is 7.11. The molecule has 4 aromatic rings. The van der Waals surface area contributed by atoms with Gasteiger partial charge < -0.3 is 14.9 Å². The van der Waals surface area contributed by atoms with Crippen LogP contribution in [0.3, 0.4) is 0 Å². The zero-order chi connectivity index (χ0) is 27.1. The van der Waals surface area contributed by atoms with Crippen LogP contribution < -0.4 is 0 Å². The van der Waals surface area contributed by atoms with Gasteiger partial charge in [0.2, 0.25) is 5.78 Å². The van der Waals surface area contributed by atoms with Gasteiger partial charge in [0.05, 0.1) is 32.4 Å². The number of Topliss-reactive ketones (excluding diaryl/α,β-unsaturated/α-hetero) is 1. The predicted octanol–water partition coefficient (Wildman–Crippen LogP) is 4.69. The molecule has 0 aliphatic carbocycles. The van der Waals surface area contributed by atoms with Crippen molar-refractivity contribution in [3.63, 3.8) is 0 Å². The standard InChI is InChI=1S/C27H27N5O5S/c1-4-29(5-2)14-15-30-22(17-10-12-18(13-11-17)32(36)37)21(24(34)26(30)35)23(33)25-16(3)31-20-9-7-6-8-19(20)28-27(31)38-25/h6-13,22,34H,4-5,14-15H2,1-3H3. The van der Waals surface area contributed by atoms with Gasteiger partial charge in [-0.2, -0.15) is 0 Å². The van der Waals surface area contributed by atoms with Crippen molar-refractivity contribution in [3.05, 3.63) is 86.1 Å². The number of aromatic nitrogens is 2. The van der Waals surface area contributed by atoms with Crippen molar-refractivity contribution in [2.45, 2.75) is 26.8 Å². The number of hydrogen-bond acceptors (Lipinski definition) is 8. The number of nitro benzene ring substituents is 1. The second-order valence-corrected chi connectivity index (χ2v) is 10.1. The number of imidazole rings is 1. The fraction of sp³-hybridized carbons (Fsp3) is 0.296. The van der Waals surface area contributed by atoms with E-state index in [1.165, 1.54) is 40.5 Å². The Morgan fingerprint density at radius 3 is 2.50 bits per heavy atom. The van der Waals surface area contributed by atoms with Gasteiger partial charge in [-0.1, -0.05) is 37.3 Å². The molecule has 1 aliphatic rings. The molecule has 38 heavy (non-hydrogen) atoms. The molecule has 0 saturated carbocycles. The second-order valence-electron chi connectivity index (χ2n) is 9.10. The van der Waals surface area contributed by atoms with Crippen molar-refractivity contribution in [1.82, 2.24) is 19.2 Å². The smallest absolute Gasteiger partial charge is 0.290 e. The first-order valence-electron chi connectivity index (χ1n) is 12.4. The molecule has 0 spiro atoms. The van der Waals surface area contributed by atoms with Gasteiger partial charge in [0.1, 0.15) is 0 Å². The Labute approximate surface area is 222 Å². The SMILES string of the molecule is CCN(CC)CCN1C(=O)C(O)=C(C(=O)c2sc3nc4ccccc4n3c2C)C1c1ccc([N+](=O)[O-])cc1. The Morgan fingerprint density at radius 2 is 1.84 bits per heavy atom. The van der Waals surface area contributed by atoms with Crippen LogP contribution in [0.4, 0.5) is 5.69 Å². The first-order chi connectivity index (χ1) is 18.3. The minimum atomic E-state index is -0.878. The van der Waals surface area contributed by atoms with Gasteiger partial charge in [-0.15, -0.1) is 0 Å². The number of thiazole rings is 1. The van der Waals surface area contributed by atoms with Crippen LogP contribution >= 0.6 is 11.3 Å². The summed E-state index contributed by atoms with van der Waals surface area (Å²) in [6.45, 7) is 8.26. The number of aliphatic hydroxyl groups is 1. The highest BCUT2D eigenvalue weighted by molar-refractivity contribution is 7.19. The van der Waals surface area contributed by atoms with Crippen molar-refractivity contribution >= 4 is 44.7 Å². The van der Waals surface area contributed by atoms with Gasteiger partial charge in [-0.05, 0) is 49.8 Å². The Kier molecular flexibility index (Phi) is 6.72. The van der Waals surface area contributed by atoms with E-state index < -0.39 is 28.4 Å². The molecule has 2 aromatic heterocycles. The summed E-state index contributed by atoms with van der Waals surface area (Å²) in [5, 5.41) is 22.2. The van der Waals surface area contributed by atoms with E-state index in [0.717, 1.165) is 24.1 Å². The number of aryl methyl sites for hydroxylation is 1. The summed E-state index contributed by atoms with van der Waals surface area (Å²) in [5.74, 6) is -1.68. The second kappa shape index (κ2) is 9.99. The van der Waals surface area contributed by atoms with Gasteiger partial charge in [0.25, 0.3) is 11.6 Å². The average molecular weight is 534 g/mol. The van der Waals surface area contributed by atoms with Crippen molar-refractivity contribution < 1.29 is 19.6 Å².